The highest BCUT2D eigenvalue weighted by Gasteiger charge is 2.30. The van der Waals surface area contributed by atoms with Crippen molar-refractivity contribution in [2.75, 3.05) is 13.1 Å². The maximum Gasteiger partial charge on any atom is 0.326 e. The van der Waals surface area contributed by atoms with Crippen molar-refractivity contribution >= 4 is 23.7 Å². The smallest absolute Gasteiger partial charge is 0.326 e. The molecule has 29 heavy (non-hydrogen) atoms. The first-order valence-corrected chi connectivity index (χ1v) is 9.98. The zero-order valence-electron chi connectivity index (χ0n) is 17.4. The van der Waals surface area contributed by atoms with Crippen LogP contribution in [0.3, 0.4) is 0 Å². The molecule has 0 fully saturated rings. The summed E-state index contributed by atoms with van der Waals surface area (Å²) in [5.74, 6) is -2.44. The Labute approximate surface area is 172 Å². The number of amides is 2. The molecule has 0 aromatic heterocycles. The van der Waals surface area contributed by atoms with Crippen molar-refractivity contribution < 1.29 is 19.5 Å². The van der Waals surface area contributed by atoms with Gasteiger partial charge in [-0.25, -0.2) is 4.79 Å². The van der Waals surface area contributed by atoms with Crippen molar-refractivity contribution in [3.05, 3.63) is 0 Å². The summed E-state index contributed by atoms with van der Waals surface area (Å²) in [6, 6.07) is -2.75. The largest absolute Gasteiger partial charge is 0.480 e. The third kappa shape index (κ3) is 11.3. The van der Waals surface area contributed by atoms with Gasteiger partial charge in [0.05, 0.1) is 6.04 Å². The van der Waals surface area contributed by atoms with Crippen LogP contribution < -0.4 is 33.6 Å². The summed E-state index contributed by atoms with van der Waals surface area (Å²) in [6.07, 6.45) is 3.05. The van der Waals surface area contributed by atoms with E-state index in [1.165, 1.54) is 0 Å². The van der Waals surface area contributed by atoms with Gasteiger partial charge in [0.2, 0.25) is 11.8 Å². The quantitative estimate of drug-likeness (QED) is 0.0956. The minimum Gasteiger partial charge on any atom is -0.480 e. The molecule has 0 saturated heterocycles. The molecular formula is C18H37N7O4. The number of carboxylic acid groups (broad SMARTS) is 1. The van der Waals surface area contributed by atoms with Crippen molar-refractivity contribution in [3.8, 4) is 0 Å². The summed E-state index contributed by atoms with van der Waals surface area (Å²) in [5.41, 5.74) is 21.9. The molecule has 0 rings (SSSR count). The zero-order valence-corrected chi connectivity index (χ0v) is 17.4. The van der Waals surface area contributed by atoms with E-state index in [9.17, 15) is 19.5 Å². The molecule has 0 unspecified atom stereocenters. The molecule has 0 radical (unpaired) electrons. The fourth-order valence-corrected chi connectivity index (χ4v) is 2.63. The van der Waals surface area contributed by atoms with E-state index in [1.54, 1.807) is 6.92 Å². The second kappa shape index (κ2) is 14.6. The molecule has 0 saturated carbocycles. The van der Waals surface area contributed by atoms with Gasteiger partial charge in [-0.05, 0) is 44.6 Å². The Morgan fingerprint density at radius 3 is 2.21 bits per heavy atom. The summed E-state index contributed by atoms with van der Waals surface area (Å²) in [6.45, 7) is 4.39. The third-order valence-corrected chi connectivity index (χ3v) is 4.66. The molecular weight excluding hydrogens is 378 g/mol. The van der Waals surface area contributed by atoms with Gasteiger partial charge in [-0.2, -0.15) is 0 Å². The molecule has 168 valence electrons. The average Bonchev–Trinajstić information content (AvgIpc) is 2.67. The number of unbranched alkanes of at least 4 members (excludes halogenated alkanes) is 1. The Morgan fingerprint density at radius 1 is 1.03 bits per heavy atom. The predicted molar refractivity (Wildman–Crippen MR) is 112 cm³/mol. The topological polar surface area (TPSA) is 212 Å². The van der Waals surface area contributed by atoms with Crippen molar-refractivity contribution in [3.63, 3.8) is 0 Å². The molecule has 0 aromatic carbocycles. The van der Waals surface area contributed by atoms with Crippen LogP contribution in [-0.4, -0.2) is 60.1 Å². The van der Waals surface area contributed by atoms with Gasteiger partial charge in [0.25, 0.3) is 0 Å². The summed E-state index contributed by atoms with van der Waals surface area (Å²) in [5, 5.41) is 14.5. The standard InChI is InChI=1S/C18H37N7O4/c1-3-11(2)14(17(28)29)25-16(27)13(8-4-5-9-19)24-15(26)12(20)7-6-10-23-18(21)22/h11-14H,3-10,19-20H2,1-2H3,(H,24,26)(H,25,27)(H,28,29)(H4,21,22,23)/t11-,12-,13-,14-/m0/s1. The van der Waals surface area contributed by atoms with Gasteiger partial charge in [0, 0.05) is 6.54 Å². The molecule has 4 atom stereocenters. The van der Waals surface area contributed by atoms with Gasteiger partial charge >= 0.3 is 5.97 Å². The number of hydrogen-bond donors (Lipinski definition) is 7. The monoisotopic (exact) mass is 415 g/mol. The average molecular weight is 416 g/mol. The van der Waals surface area contributed by atoms with Crippen LogP contribution in [0.4, 0.5) is 0 Å². The number of nitrogens with two attached hydrogens (primary N) is 4. The minimum atomic E-state index is -1.11. The molecule has 11 heteroatoms. The summed E-state index contributed by atoms with van der Waals surface area (Å²) < 4.78 is 0. The van der Waals surface area contributed by atoms with E-state index in [4.69, 9.17) is 22.9 Å². The van der Waals surface area contributed by atoms with Crippen LogP contribution in [0.25, 0.3) is 0 Å². The first kappa shape index (κ1) is 26.6. The predicted octanol–water partition coefficient (Wildman–Crippen LogP) is -1.40. The lowest BCUT2D eigenvalue weighted by Crippen LogP contribution is -2.55. The van der Waals surface area contributed by atoms with Crippen molar-refractivity contribution in [1.82, 2.24) is 10.6 Å². The Balaban J connectivity index is 4.96. The molecule has 11 N–H and O–H groups in total. The van der Waals surface area contributed by atoms with Gasteiger partial charge < -0.3 is 38.7 Å². The highest BCUT2D eigenvalue weighted by molar-refractivity contribution is 5.91. The molecule has 0 aromatic rings. The number of nitrogens with zero attached hydrogens (tertiary/aromatic N) is 1. The van der Waals surface area contributed by atoms with E-state index in [0.29, 0.717) is 51.6 Å². The molecule has 0 bridgehead atoms. The van der Waals surface area contributed by atoms with Crippen molar-refractivity contribution in [1.29, 1.82) is 0 Å². The molecule has 0 aliphatic rings. The lowest BCUT2D eigenvalue weighted by molar-refractivity contribution is -0.143. The van der Waals surface area contributed by atoms with E-state index < -0.39 is 35.9 Å². The van der Waals surface area contributed by atoms with Crippen LogP contribution >= 0.6 is 0 Å². The number of carbonyl (C=O) groups excluding carboxylic acids is 2. The zero-order chi connectivity index (χ0) is 22.4. The van der Waals surface area contributed by atoms with Crippen LogP contribution in [-0.2, 0) is 14.4 Å². The molecule has 0 spiro atoms. The number of nitrogens with one attached hydrogen (secondary N) is 2. The normalized spacial score (nSPS) is 14.9. The van der Waals surface area contributed by atoms with Gasteiger partial charge in [0.15, 0.2) is 5.96 Å². The van der Waals surface area contributed by atoms with E-state index in [0.717, 1.165) is 0 Å². The summed E-state index contributed by atoms with van der Waals surface area (Å²) >= 11 is 0. The van der Waals surface area contributed by atoms with E-state index in [1.807, 2.05) is 6.92 Å². The number of aliphatic imine (C=N–C) groups is 1. The first-order chi connectivity index (χ1) is 13.6. The molecule has 0 aliphatic heterocycles. The van der Waals surface area contributed by atoms with Crippen LogP contribution in [0.15, 0.2) is 4.99 Å². The number of guanidine groups is 1. The Morgan fingerprint density at radius 2 is 1.69 bits per heavy atom. The second-order valence-corrected chi connectivity index (χ2v) is 7.11. The number of hydrogen-bond acceptors (Lipinski definition) is 6. The van der Waals surface area contributed by atoms with E-state index in [-0.39, 0.29) is 11.9 Å². The lowest BCUT2D eigenvalue weighted by Gasteiger charge is -2.25. The van der Waals surface area contributed by atoms with Gasteiger partial charge in [-0.1, -0.05) is 20.3 Å². The lowest BCUT2D eigenvalue weighted by atomic mass is 9.98. The second-order valence-electron chi connectivity index (χ2n) is 7.11. The van der Waals surface area contributed by atoms with Gasteiger partial charge in [-0.15, -0.1) is 0 Å². The van der Waals surface area contributed by atoms with Crippen molar-refractivity contribution in [2.45, 2.75) is 70.5 Å². The fraction of sp³-hybridized carbons (Fsp3) is 0.778. The maximum atomic E-state index is 12.7. The van der Waals surface area contributed by atoms with Crippen molar-refractivity contribution in [2.24, 2.45) is 33.8 Å². The van der Waals surface area contributed by atoms with E-state index >= 15 is 0 Å². The SMILES string of the molecule is CC[C@H](C)[C@H](NC(=O)[C@H](CCCCN)NC(=O)[C@@H](N)CCCN=C(N)N)C(=O)O. The first-order valence-electron chi connectivity index (χ1n) is 9.98. The number of carboxylic acids is 1. The Kier molecular flexibility index (Phi) is 13.4. The molecule has 0 aliphatic carbocycles. The Bertz CT molecular complexity index is 552. The van der Waals surface area contributed by atoms with Crippen LogP contribution in [0.2, 0.25) is 0 Å². The molecule has 0 heterocycles. The van der Waals surface area contributed by atoms with Gasteiger partial charge in [-0.3, -0.25) is 14.6 Å². The fourth-order valence-electron chi connectivity index (χ4n) is 2.63. The number of rotatable bonds is 15. The molecule has 11 nitrogen and oxygen atoms in total. The number of aliphatic carboxylic acids is 1. The Hall–Kier alpha value is -2.40. The van der Waals surface area contributed by atoms with Crippen LogP contribution in [0, 0.1) is 5.92 Å². The third-order valence-electron chi connectivity index (χ3n) is 4.66. The molecule has 2 amide bonds. The maximum absolute atomic E-state index is 12.7. The highest BCUT2D eigenvalue weighted by atomic mass is 16.4. The van der Waals surface area contributed by atoms with Gasteiger partial charge in [0.1, 0.15) is 12.1 Å². The highest BCUT2D eigenvalue weighted by Crippen LogP contribution is 2.10. The van der Waals surface area contributed by atoms with Crippen LogP contribution in [0.1, 0.15) is 52.4 Å². The minimum absolute atomic E-state index is 0.0334. The summed E-state index contributed by atoms with van der Waals surface area (Å²) in [4.78, 5) is 40.3. The van der Waals surface area contributed by atoms with Crippen LogP contribution in [0.5, 0.6) is 0 Å². The number of carbonyl (C=O) groups is 3. The van der Waals surface area contributed by atoms with E-state index in [2.05, 4.69) is 15.6 Å². The summed E-state index contributed by atoms with van der Waals surface area (Å²) in [7, 11) is 0.